The Bertz CT molecular complexity index is 860. The van der Waals surface area contributed by atoms with E-state index in [1.54, 1.807) is 24.3 Å². The fourth-order valence-electron chi connectivity index (χ4n) is 2.57. The maximum Gasteiger partial charge on any atom is 0.262 e. The molecule has 1 aromatic heterocycles. The van der Waals surface area contributed by atoms with Gasteiger partial charge in [0.25, 0.3) is 11.8 Å². The van der Waals surface area contributed by atoms with Crippen molar-refractivity contribution in [2.75, 3.05) is 0 Å². The molecule has 0 unspecified atom stereocenters. The van der Waals surface area contributed by atoms with E-state index in [1.807, 2.05) is 24.3 Å². The highest BCUT2D eigenvalue weighted by molar-refractivity contribution is 6.11. The molecule has 22 heavy (non-hydrogen) atoms. The summed E-state index contributed by atoms with van der Waals surface area (Å²) in [6.45, 7) is 2.06. The largest absolute Gasteiger partial charge is 0.366 e. The summed E-state index contributed by atoms with van der Waals surface area (Å²) < 4.78 is 1.48. The van der Waals surface area contributed by atoms with Crippen molar-refractivity contribution in [2.45, 2.75) is 13.3 Å². The van der Waals surface area contributed by atoms with Crippen LogP contribution in [0.15, 0.2) is 54.7 Å². The van der Waals surface area contributed by atoms with Crippen LogP contribution in [-0.2, 0) is 6.42 Å². The first-order valence-corrected chi connectivity index (χ1v) is 7.15. The van der Waals surface area contributed by atoms with Crippen LogP contribution in [0.4, 0.5) is 0 Å². The third-order valence-electron chi connectivity index (χ3n) is 3.81. The summed E-state index contributed by atoms with van der Waals surface area (Å²) in [5.41, 5.74) is 8.19. The lowest BCUT2D eigenvalue weighted by atomic mass is 10.1. The highest BCUT2D eigenvalue weighted by atomic mass is 16.2. The average molecular weight is 292 g/mol. The quantitative estimate of drug-likeness (QED) is 0.806. The maximum absolute atomic E-state index is 12.7. The minimum Gasteiger partial charge on any atom is -0.366 e. The van der Waals surface area contributed by atoms with Crippen LogP contribution in [0, 0.1) is 0 Å². The van der Waals surface area contributed by atoms with Crippen molar-refractivity contribution in [1.29, 1.82) is 0 Å². The van der Waals surface area contributed by atoms with Crippen molar-refractivity contribution in [1.82, 2.24) is 4.57 Å². The van der Waals surface area contributed by atoms with E-state index in [0.717, 1.165) is 6.42 Å². The van der Waals surface area contributed by atoms with E-state index < -0.39 is 5.91 Å². The van der Waals surface area contributed by atoms with E-state index in [4.69, 9.17) is 5.73 Å². The fraction of sp³-hybridized carbons (Fsp3) is 0.111. The van der Waals surface area contributed by atoms with Gasteiger partial charge in [0.2, 0.25) is 0 Å². The molecule has 0 radical (unpaired) electrons. The number of amides is 1. The smallest absolute Gasteiger partial charge is 0.262 e. The number of nitrogens with zero attached hydrogens (tertiary/aromatic N) is 1. The summed E-state index contributed by atoms with van der Waals surface area (Å²) >= 11 is 0. The Labute approximate surface area is 128 Å². The standard InChI is InChI=1S/C18H16N2O2/c1-2-12-7-9-13(10-8-12)18(22)20-11-15(17(19)21)14-5-3-4-6-16(14)20/h3-11H,2H2,1H3,(H2,19,21). The van der Waals surface area contributed by atoms with Crippen LogP contribution < -0.4 is 5.73 Å². The third-order valence-corrected chi connectivity index (χ3v) is 3.81. The predicted molar refractivity (Wildman–Crippen MR) is 86.0 cm³/mol. The number of rotatable bonds is 3. The highest BCUT2D eigenvalue weighted by Gasteiger charge is 2.17. The first kappa shape index (κ1) is 14.1. The van der Waals surface area contributed by atoms with Gasteiger partial charge in [-0.15, -0.1) is 0 Å². The first-order valence-electron chi connectivity index (χ1n) is 7.15. The van der Waals surface area contributed by atoms with Gasteiger partial charge < -0.3 is 5.73 Å². The summed E-state index contributed by atoms with van der Waals surface area (Å²) in [7, 11) is 0. The van der Waals surface area contributed by atoms with Crippen molar-refractivity contribution in [2.24, 2.45) is 5.73 Å². The molecule has 0 saturated heterocycles. The van der Waals surface area contributed by atoms with E-state index in [1.165, 1.54) is 16.3 Å². The second-order valence-corrected chi connectivity index (χ2v) is 5.15. The molecular formula is C18H16N2O2. The van der Waals surface area contributed by atoms with Gasteiger partial charge in [0, 0.05) is 17.1 Å². The Morgan fingerprint density at radius 3 is 2.36 bits per heavy atom. The molecule has 0 saturated carbocycles. The van der Waals surface area contributed by atoms with Gasteiger partial charge in [0.1, 0.15) is 0 Å². The van der Waals surface area contributed by atoms with Gasteiger partial charge in [0.05, 0.1) is 11.1 Å². The van der Waals surface area contributed by atoms with Crippen LogP contribution in [-0.4, -0.2) is 16.4 Å². The molecule has 1 heterocycles. The first-order chi connectivity index (χ1) is 10.6. The van der Waals surface area contributed by atoms with Gasteiger partial charge in [-0.05, 0) is 30.2 Å². The van der Waals surface area contributed by atoms with Crippen LogP contribution in [0.25, 0.3) is 10.9 Å². The molecule has 0 spiro atoms. The van der Waals surface area contributed by atoms with Gasteiger partial charge in [0.15, 0.2) is 0 Å². The van der Waals surface area contributed by atoms with E-state index >= 15 is 0 Å². The van der Waals surface area contributed by atoms with Crippen LogP contribution in [0.1, 0.15) is 33.2 Å². The van der Waals surface area contributed by atoms with Crippen LogP contribution >= 0.6 is 0 Å². The van der Waals surface area contributed by atoms with Crippen LogP contribution in [0.2, 0.25) is 0 Å². The Balaban J connectivity index is 2.12. The molecule has 0 aliphatic rings. The number of carbonyl (C=O) groups excluding carboxylic acids is 2. The minimum atomic E-state index is -0.538. The van der Waals surface area contributed by atoms with Crippen LogP contribution in [0.5, 0.6) is 0 Å². The molecule has 4 heteroatoms. The zero-order valence-electron chi connectivity index (χ0n) is 12.2. The number of fused-ring (bicyclic) bond motifs is 1. The van der Waals surface area contributed by atoms with Crippen molar-refractivity contribution in [3.05, 3.63) is 71.4 Å². The number of para-hydroxylation sites is 1. The molecule has 0 fully saturated rings. The molecule has 2 aromatic carbocycles. The zero-order valence-corrected chi connectivity index (χ0v) is 12.2. The van der Waals surface area contributed by atoms with Gasteiger partial charge in [-0.2, -0.15) is 0 Å². The molecule has 4 nitrogen and oxygen atoms in total. The van der Waals surface area contributed by atoms with Crippen molar-refractivity contribution < 1.29 is 9.59 Å². The number of hydrogen-bond acceptors (Lipinski definition) is 2. The van der Waals surface area contributed by atoms with Crippen molar-refractivity contribution in [3.63, 3.8) is 0 Å². The fourth-order valence-corrected chi connectivity index (χ4v) is 2.57. The van der Waals surface area contributed by atoms with E-state index in [-0.39, 0.29) is 5.91 Å². The maximum atomic E-state index is 12.7. The number of aromatic nitrogens is 1. The van der Waals surface area contributed by atoms with Crippen molar-refractivity contribution >= 4 is 22.7 Å². The molecule has 0 bridgehead atoms. The molecule has 1 amide bonds. The zero-order chi connectivity index (χ0) is 15.7. The normalized spacial score (nSPS) is 10.8. The molecule has 0 aliphatic carbocycles. The summed E-state index contributed by atoms with van der Waals surface area (Å²) in [4.78, 5) is 24.3. The number of nitrogens with two attached hydrogens (primary N) is 1. The Morgan fingerprint density at radius 1 is 1.05 bits per heavy atom. The molecular weight excluding hydrogens is 276 g/mol. The summed E-state index contributed by atoms with van der Waals surface area (Å²) in [6, 6.07) is 14.7. The predicted octanol–water partition coefficient (Wildman–Crippen LogP) is 2.99. The summed E-state index contributed by atoms with van der Waals surface area (Å²) in [5, 5.41) is 0.688. The lowest BCUT2D eigenvalue weighted by Crippen LogP contribution is -2.12. The lowest BCUT2D eigenvalue weighted by Gasteiger charge is -2.05. The Morgan fingerprint density at radius 2 is 1.73 bits per heavy atom. The molecule has 2 N–H and O–H groups in total. The van der Waals surface area contributed by atoms with Crippen molar-refractivity contribution in [3.8, 4) is 0 Å². The average Bonchev–Trinajstić information content (AvgIpc) is 2.94. The SMILES string of the molecule is CCc1ccc(C(=O)n2cc(C(N)=O)c3ccccc32)cc1. The monoisotopic (exact) mass is 292 g/mol. The lowest BCUT2D eigenvalue weighted by molar-refractivity contribution is 0.0965. The van der Waals surface area contributed by atoms with E-state index in [2.05, 4.69) is 6.92 Å². The number of aryl methyl sites for hydroxylation is 1. The second kappa shape index (κ2) is 5.48. The van der Waals surface area contributed by atoms with E-state index in [9.17, 15) is 9.59 Å². The minimum absolute atomic E-state index is 0.175. The number of carbonyl (C=O) groups is 2. The van der Waals surface area contributed by atoms with Gasteiger partial charge in [-0.3, -0.25) is 14.2 Å². The number of benzene rings is 2. The molecule has 110 valence electrons. The summed E-state index contributed by atoms with van der Waals surface area (Å²) in [6.07, 6.45) is 2.44. The molecule has 0 aliphatic heterocycles. The van der Waals surface area contributed by atoms with Gasteiger partial charge >= 0.3 is 0 Å². The van der Waals surface area contributed by atoms with Gasteiger partial charge in [-0.1, -0.05) is 37.3 Å². The van der Waals surface area contributed by atoms with Gasteiger partial charge in [-0.25, -0.2) is 0 Å². The summed E-state index contributed by atoms with van der Waals surface area (Å²) in [5.74, 6) is -0.713. The molecule has 3 aromatic rings. The number of primary amides is 1. The molecule has 0 atom stereocenters. The number of hydrogen-bond donors (Lipinski definition) is 1. The van der Waals surface area contributed by atoms with Crippen LogP contribution in [0.3, 0.4) is 0 Å². The molecule has 3 rings (SSSR count). The topological polar surface area (TPSA) is 65.1 Å². The van der Waals surface area contributed by atoms with E-state index in [0.29, 0.717) is 22.0 Å². The third kappa shape index (κ3) is 2.29. The Hall–Kier alpha value is -2.88. The Kier molecular flexibility index (Phi) is 3.51. The highest BCUT2D eigenvalue weighted by Crippen LogP contribution is 2.22. The second-order valence-electron chi connectivity index (χ2n) is 5.15.